The van der Waals surface area contributed by atoms with Crippen LogP contribution in [-0.2, 0) is 18.4 Å². The highest BCUT2D eigenvalue weighted by Crippen LogP contribution is 2.24. The Bertz CT molecular complexity index is 541. The summed E-state index contributed by atoms with van der Waals surface area (Å²) in [4.78, 5) is 4.51. The Morgan fingerprint density at radius 3 is 2.47 bits per heavy atom. The minimum absolute atomic E-state index is 0.383. The smallest absolute Gasteiger partial charge is 0.0439 e. The number of hydrogen-bond donors (Lipinski definition) is 1. The van der Waals surface area contributed by atoms with Gasteiger partial charge in [-0.2, -0.15) is 0 Å². The molecule has 2 aromatic rings. The van der Waals surface area contributed by atoms with E-state index < -0.39 is 0 Å². The van der Waals surface area contributed by atoms with Crippen molar-refractivity contribution in [2.45, 2.75) is 39.2 Å². The van der Waals surface area contributed by atoms with E-state index in [1.54, 1.807) is 0 Å². The first-order chi connectivity index (χ1) is 9.03. The van der Waals surface area contributed by atoms with Crippen LogP contribution in [-0.4, -0.2) is 4.98 Å². The molecule has 0 aliphatic rings. The lowest BCUT2D eigenvalue weighted by Crippen LogP contribution is -2.36. The van der Waals surface area contributed by atoms with Gasteiger partial charge < -0.3 is 5.73 Å². The zero-order valence-corrected chi connectivity index (χ0v) is 12.0. The molecule has 2 rings (SSSR count). The summed E-state index contributed by atoms with van der Waals surface area (Å²) in [5.41, 5.74) is 10.9. The highest BCUT2D eigenvalue weighted by atomic mass is 14.8. The van der Waals surface area contributed by atoms with Crippen molar-refractivity contribution in [3.63, 3.8) is 0 Å². The van der Waals surface area contributed by atoms with Gasteiger partial charge in [-0.1, -0.05) is 37.3 Å². The summed E-state index contributed by atoms with van der Waals surface area (Å²) >= 11 is 0. The maximum Gasteiger partial charge on any atom is 0.0439 e. The van der Waals surface area contributed by atoms with Crippen molar-refractivity contribution >= 4 is 0 Å². The molecular weight excluding hydrogens is 232 g/mol. The Morgan fingerprint density at radius 2 is 1.89 bits per heavy atom. The molecule has 0 spiro atoms. The number of aromatic nitrogens is 1. The van der Waals surface area contributed by atoms with Crippen molar-refractivity contribution in [3.05, 3.63) is 65.0 Å². The van der Waals surface area contributed by atoms with Crippen LogP contribution in [0, 0.1) is 6.92 Å². The van der Waals surface area contributed by atoms with E-state index in [0.717, 1.165) is 18.5 Å². The van der Waals surface area contributed by atoms with Crippen LogP contribution in [0.3, 0.4) is 0 Å². The van der Waals surface area contributed by atoms with Crippen molar-refractivity contribution in [2.24, 2.45) is 5.73 Å². The Morgan fingerprint density at radius 1 is 1.16 bits per heavy atom. The van der Waals surface area contributed by atoms with Gasteiger partial charge in [0.15, 0.2) is 0 Å². The molecule has 0 amide bonds. The Kier molecular flexibility index (Phi) is 4.01. The van der Waals surface area contributed by atoms with Crippen molar-refractivity contribution in [2.75, 3.05) is 0 Å². The third kappa shape index (κ3) is 3.21. The minimum Gasteiger partial charge on any atom is -0.321 e. The molecular formula is C17H22N2. The van der Waals surface area contributed by atoms with Crippen LogP contribution in [0.4, 0.5) is 0 Å². The molecule has 0 aliphatic heterocycles. The summed E-state index contributed by atoms with van der Waals surface area (Å²) in [7, 11) is 0. The molecule has 0 bridgehead atoms. The first kappa shape index (κ1) is 13.8. The molecule has 1 aromatic carbocycles. The van der Waals surface area contributed by atoms with Gasteiger partial charge >= 0.3 is 0 Å². The van der Waals surface area contributed by atoms with E-state index in [1.807, 2.05) is 18.3 Å². The van der Waals surface area contributed by atoms with Gasteiger partial charge in [0.2, 0.25) is 0 Å². The third-order valence-corrected chi connectivity index (χ3v) is 3.60. The summed E-state index contributed by atoms with van der Waals surface area (Å²) in [6, 6.07) is 12.5. The molecule has 2 nitrogen and oxygen atoms in total. The Balaban J connectivity index is 2.23. The van der Waals surface area contributed by atoms with E-state index >= 15 is 0 Å². The van der Waals surface area contributed by atoms with Crippen LogP contribution in [0.5, 0.6) is 0 Å². The normalized spacial score (nSPS) is 14.1. The van der Waals surface area contributed by atoms with Crippen molar-refractivity contribution < 1.29 is 0 Å². The Labute approximate surface area is 115 Å². The summed E-state index contributed by atoms with van der Waals surface area (Å²) in [6.07, 6.45) is 3.72. The summed E-state index contributed by atoms with van der Waals surface area (Å²) < 4.78 is 0. The van der Waals surface area contributed by atoms with Crippen molar-refractivity contribution in [1.29, 1.82) is 0 Å². The number of pyridine rings is 1. The SMILES string of the molecule is CCc1ccc(CC(C)(N)c2ccccc2C)nc1. The van der Waals surface area contributed by atoms with E-state index in [9.17, 15) is 0 Å². The van der Waals surface area contributed by atoms with Crippen LogP contribution in [0.2, 0.25) is 0 Å². The van der Waals surface area contributed by atoms with E-state index in [2.05, 4.69) is 50.0 Å². The highest BCUT2D eigenvalue weighted by molar-refractivity contribution is 5.33. The monoisotopic (exact) mass is 254 g/mol. The van der Waals surface area contributed by atoms with Gasteiger partial charge in [0.25, 0.3) is 0 Å². The first-order valence-corrected chi connectivity index (χ1v) is 6.81. The zero-order chi connectivity index (χ0) is 13.9. The fourth-order valence-corrected chi connectivity index (χ4v) is 2.45. The van der Waals surface area contributed by atoms with Crippen molar-refractivity contribution in [3.8, 4) is 0 Å². The summed E-state index contributed by atoms with van der Waals surface area (Å²) in [5, 5.41) is 0. The second kappa shape index (κ2) is 5.54. The quantitative estimate of drug-likeness (QED) is 0.908. The minimum atomic E-state index is -0.383. The lowest BCUT2D eigenvalue weighted by Gasteiger charge is -2.26. The molecule has 2 heteroatoms. The number of nitrogens with two attached hydrogens (primary N) is 1. The van der Waals surface area contributed by atoms with Crippen LogP contribution >= 0.6 is 0 Å². The van der Waals surface area contributed by atoms with Crippen LogP contribution in [0.15, 0.2) is 42.6 Å². The highest BCUT2D eigenvalue weighted by Gasteiger charge is 2.23. The fraction of sp³-hybridized carbons (Fsp3) is 0.353. The Hall–Kier alpha value is -1.67. The van der Waals surface area contributed by atoms with Crippen LogP contribution < -0.4 is 5.73 Å². The molecule has 0 saturated heterocycles. The summed E-state index contributed by atoms with van der Waals surface area (Å²) in [5.74, 6) is 0. The predicted octanol–water partition coefficient (Wildman–Crippen LogP) is 3.37. The summed E-state index contributed by atoms with van der Waals surface area (Å²) in [6.45, 7) is 6.32. The third-order valence-electron chi connectivity index (χ3n) is 3.60. The lowest BCUT2D eigenvalue weighted by atomic mass is 9.85. The van der Waals surface area contributed by atoms with Crippen LogP contribution in [0.1, 0.15) is 36.2 Å². The fourth-order valence-electron chi connectivity index (χ4n) is 2.45. The number of aryl methyl sites for hydroxylation is 2. The molecule has 0 saturated carbocycles. The van der Waals surface area contributed by atoms with Gasteiger partial charge in [0, 0.05) is 23.9 Å². The van der Waals surface area contributed by atoms with E-state index in [1.165, 1.54) is 16.7 Å². The predicted molar refractivity (Wildman–Crippen MR) is 80.0 cm³/mol. The number of benzene rings is 1. The van der Waals surface area contributed by atoms with E-state index in [0.29, 0.717) is 0 Å². The molecule has 1 heterocycles. The molecule has 0 aliphatic carbocycles. The van der Waals surface area contributed by atoms with Gasteiger partial charge in [-0.3, -0.25) is 4.98 Å². The maximum atomic E-state index is 6.50. The van der Waals surface area contributed by atoms with Gasteiger partial charge in [0.05, 0.1) is 0 Å². The standard InChI is InChI=1S/C17H22N2/c1-4-14-9-10-15(19-12-14)11-17(3,18)16-8-6-5-7-13(16)2/h5-10,12H,4,11,18H2,1-3H3. The average molecular weight is 254 g/mol. The molecule has 1 atom stereocenters. The van der Waals surface area contributed by atoms with E-state index in [4.69, 9.17) is 5.73 Å². The number of nitrogens with zero attached hydrogens (tertiary/aromatic N) is 1. The molecule has 2 N–H and O–H groups in total. The zero-order valence-electron chi connectivity index (χ0n) is 12.0. The number of rotatable bonds is 4. The largest absolute Gasteiger partial charge is 0.321 e. The van der Waals surface area contributed by atoms with Gasteiger partial charge in [-0.05, 0) is 43.0 Å². The van der Waals surface area contributed by atoms with Gasteiger partial charge in [-0.25, -0.2) is 0 Å². The molecule has 100 valence electrons. The molecule has 1 unspecified atom stereocenters. The molecule has 0 radical (unpaired) electrons. The van der Waals surface area contributed by atoms with Crippen molar-refractivity contribution in [1.82, 2.24) is 4.98 Å². The second-order valence-electron chi connectivity index (χ2n) is 5.42. The number of hydrogen-bond acceptors (Lipinski definition) is 2. The molecule has 1 aromatic heterocycles. The topological polar surface area (TPSA) is 38.9 Å². The van der Waals surface area contributed by atoms with Gasteiger partial charge in [-0.15, -0.1) is 0 Å². The maximum absolute atomic E-state index is 6.50. The lowest BCUT2D eigenvalue weighted by molar-refractivity contribution is 0.482. The first-order valence-electron chi connectivity index (χ1n) is 6.81. The second-order valence-corrected chi connectivity index (χ2v) is 5.42. The van der Waals surface area contributed by atoms with Gasteiger partial charge in [0.1, 0.15) is 0 Å². The molecule has 0 fully saturated rings. The molecule has 19 heavy (non-hydrogen) atoms. The van der Waals surface area contributed by atoms with Crippen LogP contribution in [0.25, 0.3) is 0 Å². The van der Waals surface area contributed by atoms with E-state index in [-0.39, 0.29) is 5.54 Å². The average Bonchev–Trinajstić information content (AvgIpc) is 2.39.